The zero-order chi connectivity index (χ0) is 17.1. The standard InChI is InChI=1S/C20H17N3OS/c24-20(13-17-8-4-12-25-17)21-19-10-11-23(22-19)14-16-7-3-6-15-5-1-2-9-18(15)16/h1-12H,13-14H2,(H,21,22,24). The van der Waals surface area contributed by atoms with Crippen molar-refractivity contribution in [2.45, 2.75) is 13.0 Å². The van der Waals surface area contributed by atoms with Crippen LogP contribution in [0.4, 0.5) is 5.82 Å². The molecule has 4 nitrogen and oxygen atoms in total. The van der Waals surface area contributed by atoms with Crippen LogP contribution < -0.4 is 5.32 Å². The summed E-state index contributed by atoms with van der Waals surface area (Å²) in [7, 11) is 0. The molecule has 0 aliphatic carbocycles. The molecule has 1 amide bonds. The Morgan fingerprint density at radius 1 is 1.04 bits per heavy atom. The van der Waals surface area contributed by atoms with Crippen molar-refractivity contribution in [3.63, 3.8) is 0 Å². The number of thiophene rings is 1. The summed E-state index contributed by atoms with van der Waals surface area (Å²) in [5.41, 5.74) is 1.21. The van der Waals surface area contributed by atoms with Gasteiger partial charge in [0.1, 0.15) is 0 Å². The molecule has 0 atom stereocenters. The Labute approximate surface area is 149 Å². The molecule has 2 aromatic heterocycles. The number of carbonyl (C=O) groups excluding carboxylic acids is 1. The van der Waals surface area contributed by atoms with Crippen LogP contribution in [-0.2, 0) is 17.8 Å². The van der Waals surface area contributed by atoms with Crippen LogP contribution in [0.25, 0.3) is 10.8 Å². The number of hydrogen-bond acceptors (Lipinski definition) is 3. The Morgan fingerprint density at radius 3 is 2.80 bits per heavy atom. The predicted octanol–water partition coefficient (Wildman–Crippen LogP) is 4.33. The van der Waals surface area contributed by atoms with Gasteiger partial charge in [0.25, 0.3) is 0 Å². The fourth-order valence-corrected chi connectivity index (χ4v) is 3.58. The maximum absolute atomic E-state index is 12.1. The molecular formula is C20H17N3OS. The van der Waals surface area contributed by atoms with E-state index < -0.39 is 0 Å². The Bertz CT molecular complexity index is 999. The summed E-state index contributed by atoms with van der Waals surface area (Å²) in [5, 5.41) is 11.7. The van der Waals surface area contributed by atoms with Crippen LogP contribution in [0.1, 0.15) is 10.4 Å². The third-order valence-corrected chi connectivity index (χ3v) is 4.91. The van der Waals surface area contributed by atoms with E-state index in [1.807, 2.05) is 46.6 Å². The summed E-state index contributed by atoms with van der Waals surface area (Å²) in [6.07, 6.45) is 2.27. The minimum absolute atomic E-state index is 0.0436. The van der Waals surface area contributed by atoms with Crippen LogP contribution in [0, 0.1) is 0 Å². The number of nitrogens with zero attached hydrogens (tertiary/aromatic N) is 2. The molecule has 124 valence electrons. The topological polar surface area (TPSA) is 46.9 Å². The molecule has 5 heteroatoms. The Hall–Kier alpha value is -2.92. The van der Waals surface area contributed by atoms with Crippen LogP contribution in [0.3, 0.4) is 0 Å². The molecule has 1 N–H and O–H groups in total. The average molecular weight is 347 g/mol. The molecule has 0 fully saturated rings. The van der Waals surface area contributed by atoms with Gasteiger partial charge in [0, 0.05) is 17.1 Å². The van der Waals surface area contributed by atoms with Crippen LogP contribution in [-0.4, -0.2) is 15.7 Å². The summed E-state index contributed by atoms with van der Waals surface area (Å²) in [5.74, 6) is 0.541. The molecule has 0 bridgehead atoms. The highest BCUT2D eigenvalue weighted by Gasteiger charge is 2.08. The molecule has 0 unspecified atom stereocenters. The number of benzene rings is 2. The van der Waals surface area contributed by atoms with Gasteiger partial charge in [-0.15, -0.1) is 11.3 Å². The van der Waals surface area contributed by atoms with Gasteiger partial charge in [0.05, 0.1) is 13.0 Å². The van der Waals surface area contributed by atoms with E-state index in [9.17, 15) is 4.79 Å². The van der Waals surface area contributed by atoms with Crippen molar-refractivity contribution in [2.24, 2.45) is 0 Å². The number of rotatable bonds is 5. The number of hydrogen-bond donors (Lipinski definition) is 1. The molecule has 0 saturated carbocycles. The number of fused-ring (bicyclic) bond motifs is 1. The van der Waals surface area contributed by atoms with Crippen LogP contribution in [0.5, 0.6) is 0 Å². The normalized spacial score (nSPS) is 10.9. The maximum atomic E-state index is 12.1. The minimum atomic E-state index is -0.0436. The van der Waals surface area contributed by atoms with E-state index in [0.29, 0.717) is 18.8 Å². The lowest BCUT2D eigenvalue weighted by molar-refractivity contribution is -0.115. The zero-order valence-corrected chi connectivity index (χ0v) is 14.4. The SMILES string of the molecule is O=C(Cc1cccs1)Nc1ccn(Cc2cccc3ccccc23)n1. The molecule has 0 radical (unpaired) electrons. The van der Waals surface area contributed by atoms with Gasteiger partial charge in [-0.25, -0.2) is 0 Å². The van der Waals surface area contributed by atoms with E-state index in [-0.39, 0.29) is 5.91 Å². The summed E-state index contributed by atoms with van der Waals surface area (Å²) >= 11 is 1.58. The molecule has 0 spiro atoms. The molecule has 0 aliphatic heterocycles. The van der Waals surface area contributed by atoms with Crippen molar-refractivity contribution < 1.29 is 4.79 Å². The quantitative estimate of drug-likeness (QED) is 0.584. The smallest absolute Gasteiger partial charge is 0.230 e. The van der Waals surface area contributed by atoms with Crippen LogP contribution in [0.15, 0.2) is 72.2 Å². The summed E-state index contributed by atoms with van der Waals surface area (Å²) in [6.45, 7) is 0.669. The average Bonchev–Trinajstić information content (AvgIpc) is 3.27. The summed E-state index contributed by atoms with van der Waals surface area (Å²) in [6, 6.07) is 20.3. The fraction of sp³-hybridized carbons (Fsp3) is 0.100. The lowest BCUT2D eigenvalue weighted by atomic mass is 10.0. The minimum Gasteiger partial charge on any atom is -0.309 e. The highest BCUT2D eigenvalue weighted by Crippen LogP contribution is 2.19. The van der Waals surface area contributed by atoms with Gasteiger partial charge in [-0.3, -0.25) is 9.48 Å². The third kappa shape index (κ3) is 3.61. The monoisotopic (exact) mass is 347 g/mol. The first kappa shape index (κ1) is 15.6. The van der Waals surface area contributed by atoms with E-state index in [1.165, 1.54) is 16.3 Å². The molecule has 4 rings (SSSR count). The maximum Gasteiger partial charge on any atom is 0.230 e. The second-order valence-corrected chi connectivity index (χ2v) is 6.87. The van der Waals surface area contributed by atoms with Crippen molar-refractivity contribution in [1.29, 1.82) is 0 Å². The van der Waals surface area contributed by atoms with Crippen LogP contribution >= 0.6 is 11.3 Å². The largest absolute Gasteiger partial charge is 0.309 e. The highest BCUT2D eigenvalue weighted by molar-refractivity contribution is 7.10. The van der Waals surface area contributed by atoms with Crippen LogP contribution in [0.2, 0.25) is 0 Å². The van der Waals surface area contributed by atoms with Crippen molar-refractivity contribution in [3.05, 3.63) is 82.7 Å². The fourth-order valence-electron chi connectivity index (χ4n) is 2.88. The first-order valence-corrected chi connectivity index (χ1v) is 8.98. The van der Waals surface area contributed by atoms with E-state index >= 15 is 0 Å². The van der Waals surface area contributed by atoms with E-state index in [4.69, 9.17) is 0 Å². The lowest BCUT2D eigenvalue weighted by Crippen LogP contribution is -2.14. The molecular weight excluding hydrogens is 330 g/mol. The second-order valence-electron chi connectivity index (χ2n) is 5.84. The molecule has 0 aliphatic rings. The van der Waals surface area contributed by atoms with Crippen molar-refractivity contribution in [2.75, 3.05) is 5.32 Å². The van der Waals surface area contributed by atoms with Crippen molar-refractivity contribution in [1.82, 2.24) is 9.78 Å². The van der Waals surface area contributed by atoms with E-state index in [2.05, 4.69) is 40.7 Å². The second kappa shape index (κ2) is 6.91. The lowest BCUT2D eigenvalue weighted by Gasteiger charge is -2.07. The van der Waals surface area contributed by atoms with Crippen molar-refractivity contribution >= 4 is 33.8 Å². The van der Waals surface area contributed by atoms with Gasteiger partial charge in [0.2, 0.25) is 5.91 Å². The number of amides is 1. The predicted molar refractivity (Wildman–Crippen MR) is 102 cm³/mol. The molecule has 25 heavy (non-hydrogen) atoms. The van der Waals surface area contributed by atoms with Crippen molar-refractivity contribution in [3.8, 4) is 0 Å². The zero-order valence-electron chi connectivity index (χ0n) is 13.6. The Kier molecular flexibility index (Phi) is 4.31. The summed E-state index contributed by atoms with van der Waals surface area (Å²) in [4.78, 5) is 13.1. The molecule has 2 aromatic carbocycles. The molecule has 0 saturated heterocycles. The number of aromatic nitrogens is 2. The Morgan fingerprint density at radius 2 is 1.92 bits per heavy atom. The van der Waals surface area contributed by atoms with Gasteiger partial charge in [-0.1, -0.05) is 48.5 Å². The number of anilines is 1. The highest BCUT2D eigenvalue weighted by atomic mass is 32.1. The van der Waals surface area contributed by atoms with Gasteiger partial charge in [-0.2, -0.15) is 5.10 Å². The van der Waals surface area contributed by atoms with E-state index in [0.717, 1.165) is 4.88 Å². The number of carbonyl (C=O) groups is 1. The van der Waals surface area contributed by atoms with Gasteiger partial charge < -0.3 is 5.32 Å². The number of nitrogens with one attached hydrogen (secondary N) is 1. The third-order valence-electron chi connectivity index (χ3n) is 4.04. The molecule has 2 heterocycles. The van der Waals surface area contributed by atoms with Gasteiger partial charge in [-0.05, 0) is 27.8 Å². The van der Waals surface area contributed by atoms with Gasteiger partial charge >= 0.3 is 0 Å². The first-order chi connectivity index (χ1) is 12.3. The van der Waals surface area contributed by atoms with Gasteiger partial charge in [0.15, 0.2) is 5.82 Å². The van der Waals surface area contributed by atoms with E-state index in [1.54, 1.807) is 11.3 Å². The molecule has 4 aromatic rings. The first-order valence-electron chi connectivity index (χ1n) is 8.10. The summed E-state index contributed by atoms with van der Waals surface area (Å²) < 4.78 is 1.85. The Balaban J connectivity index is 1.47.